The third kappa shape index (κ3) is 2.30. The van der Waals surface area contributed by atoms with Gasteiger partial charge in [0.05, 0.1) is 30.4 Å². The maximum atomic E-state index is 11.5. The van der Waals surface area contributed by atoms with Crippen LogP contribution in [0.25, 0.3) is 0 Å². The van der Waals surface area contributed by atoms with Gasteiger partial charge in [0.1, 0.15) is 5.75 Å². The second-order valence-electron chi connectivity index (χ2n) is 3.01. The summed E-state index contributed by atoms with van der Waals surface area (Å²) in [4.78, 5) is 11.5. The zero-order chi connectivity index (χ0) is 12.1. The molecule has 84 valence electrons. The Morgan fingerprint density at radius 1 is 1.56 bits per heavy atom. The Kier molecular flexibility index (Phi) is 3.86. The van der Waals surface area contributed by atoms with E-state index in [1.807, 2.05) is 6.07 Å². The summed E-state index contributed by atoms with van der Waals surface area (Å²) < 4.78 is 4.75. The normalized spacial score (nSPS) is 9.56. The van der Waals surface area contributed by atoms with Gasteiger partial charge in [0.25, 0.3) is 0 Å². The van der Waals surface area contributed by atoms with Crippen molar-refractivity contribution in [2.45, 2.75) is 13.5 Å². The largest absolute Gasteiger partial charge is 0.508 e. The van der Waals surface area contributed by atoms with Crippen LogP contribution >= 0.6 is 0 Å². The molecular weight excluding hydrogens is 210 g/mol. The standard InChI is InChI=1S/C11H11NO4/c1-2-16-11(15)8-3-7(5-12)4-10(14)9(8)6-13/h3-4,13-14H,2,6H2,1H3. The quantitative estimate of drug-likeness (QED) is 0.741. The molecule has 5 nitrogen and oxygen atoms in total. The first-order chi connectivity index (χ1) is 7.63. The molecule has 1 rings (SSSR count). The van der Waals surface area contributed by atoms with Crippen molar-refractivity contribution in [3.05, 3.63) is 28.8 Å². The fraction of sp³-hybridized carbons (Fsp3) is 0.273. The van der Waals surface area contributed by atoms with Crippen LogP contribution in [-0.4, -0.2) is 22.8 Å². The molecule has 0 amide bonds. The molecule has 5 heteroatoms. The fourth-order valence-corrected chi connectivity index (χ4v) is 1.28. The van der Waals surface area contributed by atoms with E-state index < -0.39 is 12.6 Å². The topological polar surface area (TPSA) is 90.6 Å². The van der Waals surface area contributed by atoms with Crippen LogP contribution in [0.1, 0.15) is 28.4 Å². The number of carbonyl (C=O) groups excluding carboxylic acids is 1. The molecule has 0 radical (unpaired) electrons. The molecule has 1 aromatic carbocycles. The number of benzene rings is 1. The average Bonchev–Trinajstić information content (AvgIpc) is 2.28. The Hall–Kier alpha value is -2.06. The number of rotatable bonds is 3. The Morgan fingerprint density at radius 2 is 2.25 bits per heavy atom. The first kappa shape index (κ1) is 12.0. The van der Waals surface area contributed by atoms with Crippen molar-refractivity contribution in [3.8, 4) is 11.8 Å². The second kappa shape index (κ2) is 5.14. The van der Waals surface area contributed by atoms with Gasteiger partial charge in [0.2, 0.25) is 0 Å². The van der Waals surface area contributed by atoms with Gasteiger partial charge >= 0.3 is 5.97 Å². The molecular formula is C11H11NO4. The SMILES string of the molecule is CCOC(=O)c1cc(C#N)cc(O)c1CO. The summed E-state index contributed by atoms with van der Waals surface area (Å²) in [5.74, 6) is -0.955. The van der Waals surface area contributed by atoms with Crippen molar-refractivity contribution in [1.82, 2.24) is 0 Å². The summed E-state index contributed by atoms with van der Waals surface area (Å²) in [5.41, 5.74) is 0.219. The highest BCUT2D eigenvalue weighted by molar-refractivity contribution is 5.92. The van der Waals surface area contributed by atoms with E-state index >= 15 is 0 Å². The number of hydrogen-bond donors (Lipinski definition) is 2. The summed E-state index contributed by atoms with van der Waals surface area (Å²) in [6.07, 6.45) is 0. The number of aliphatic hydroxyl groups is 1. The van der Waals surface area contributed by atoms with Gasteiger partial charge in [-0.25, -0.2) is 4.79 Å². The molecule has 0 aliphatic heterocycles. The monoisotopic (exact) mass is 221 g/mol. The van der Waals surface area contributed by atoms with Crippen LogP contribution in [0.15, 0.2) is 12.1 Å². The van der Waals surface area contributed by atoms with E-state index in [1.54, 1.807) is 6.92 Å². The molecule has 0 spiro atoms. The van der Waals surface area contributed by atoms with E-state index in [0.29, 0.717) is 0 Å². The number of ether oxygens (including phenoxy) is 1. The molecule has 0 unspecified atom stereocenters. The van der Waals surface area contributed by atoms with E-state index in [9.17, 15) is 9.90 Å². The van der Waals surface area contributed by atoms with Gasteiger partial charge in [-0.3, -0.25) is 0 Å². The summed E-state index contributed by atoms with van der Waals surface area (Å²) in [6, 6.07) is 4.28. The average molecular weight is 221 g/mol. The first-order valence-corrected chi connectivity index (χ1v) is 4.68. The third-order valence-corrected chi connectivity index (χ3v) is 2.01. The molecule has 2 N–H and O–H groups in total. The number of nitriles is 1. The number of carbonyl (C=O) groups is 1. The van der Waals surface area contributed by atoms with Crippen LogP contribution in [0.5, 0.6) is 5.75 Å². The molecule has 0 heterocycles. The van der Waals surface area contributed by atoms with E-state index in [2.05, 4.69) is 0 Å². The van der Waals surface area contributed by atoms with Gasteiger partial charge in [0.15, 0.2) is 0 Å². The van der Waals surface area contributed by atoms with Crippen molar-refractivity contribution >= 4 is 5.97 Å². The Balaban J connectivity index is 3.29. The minimum absolute atomic E-state index is 0.0147. The smallest absolute Gasteiger partial charge is 0.338 e. The molecule has 1 aromatic rings. The summed E-state index contributed by atoms with van der Waals surface area (Å²) >= 11 is 0. The zero-order valence-electron chi connectivity index (χ0n) is 8.73. The molecule has 0 bridgehead atoms. The predicted molar refractivity (Wildman–Crippen MR) is 54.7 cm³/mol. The maximum Gasteiger partial charge on any atom is 0.338 e. The fourth-order valence-electron chi connectivity index (χ4n) is 1.28. The molecule has 0 aliphatic carbocycles. The Bertz CT molecular complexity index is 448. The lowest BCUT2D eigenvalue weighted by atomic mass is 10.0. The van der Waals surface area contributed by atoms with Gasteiger partial charge in [0, 0.05) is 5.56 Å². The number of nitrogens with zero attached hydrogens (tertiary/aromatic N) is 1. The minimum Gasteiger partial charge on any atom is -0.508 e. The van der Waals surface area contributed by atoms with Crippen molar-refractivity contribution in [2.75, 3.05) is 6.61 Å². The summed E-state index contributed by atoms with van der Waals surface area (Å²) in [7, 11) is 0. The number of esters is 1. The van der Waals surface area contributed by atoms with Gasteiger partial charge in [-0.2, -0.15) is 5.26 Å². The number of aliphatic hydroxyl groups excluding tert-OH is 1. The third-order valence-electron chi connectivity index (χ3n) is 2.01. The highest BCUT2D eigenvalue weighted by atomic mass is 16.5. The molecule has 0 saturated carbocycles. The van der Waals surface area contributed by atoms with Crippen LogP contribution in [0.4, 0.5) is 0 Å². The first-order valence-electron chi connectivity index (χ1n) is 4.68. The molecule has 16 heavy (non-hydrogen) atoms. The van der Waals surface area contributed by atoms with E-state index in [1.165, 1.54) is 12.1 Å². The number of phenols is 1. The summed E-state index contributed by atoms with van der Waals surface area (Å²) in [5, 5.41) is 27.2. The molecule has 0 saturated heterocycles. The van der Waals surface area contributed by atoms with Crippen LogP contribution in [0.2, 0.25) is 0 Å². The van der Waals surface area contributed by atoms with Crippen LogP contribution < -0.4 is 0 Å². The highest BCUT2D eigenvalue weighted by Crippen LogP contribution is 2.24. The van der Waals surface area contributed by atoms with Crippen molar-refractivity contribution in [3.63, 3.8) is 0 Å². The van der Waals surface area contributed by atoms with Crippen LogP contribution in [0, 0.1) is 11.3 Å². The minimum atomic E-state index is -0.668. The van der Waals surface area contributed by atoms with Crippen LogP contribution in [0.3, 0.4) is 0 Å². The van der Waals surface area contributed by atoms with E-state index in [0.717, 1.165) is 0 Å². The number of aromatic hydroxyl groups is 1. The van der Waals surface area contributed by atoms with Crippen LogP contribution in [-0.2, 0) is 11.3 Å². The molecule has 0 aromatic heterocycles. The lowest BCUT2D eigenvalue weighted by Crippen LogP contribution is -2.09. The molecule has 0 atom stereocenters. The lowest BCUT2D eigenvalue weighted by Gasteiger charge is -2.09. The second-order valence-corrected chi connectivity index (χ2v) is 3.01. The summed E-state index contributed by atoms with van der Waals surface area (Å²) in [6.45, 7) is 1.33. The van der Waals surface area contributed by atoms with Gasteiger partial charge in [-0.05, 0) is 19.1 Å². The number of hydrogen-bond acceptors (Lipinski definition) is 5. The van der Waals surface area contributed by atoms with Gasteiger partial charge in [-0.15, -0.1) is 0 Å². The Labute approximate surface area is 92.5 Å². The predicted octanol–water partition coefficient (Wildman–Crippen LogP) is 0.933. The molecule has 0 fully saturated rings. The van der Waals surface area contributed by atoms with Crippen molar-refractivity contribution in [2.24, 2.45) is 0 Å². The van der Waals surface area contributed by atoms with Crippen molar-refractivity contribution < 1.29 is 19.7 Å². The highest BCUT2D eigenvalue weighted by Gasteiger charge is 2.17. The van der Waals surface area contributed by atoms with Gasteiger partial charge < -0.3 is 14.9 Å². The Morgan fingerprint density at radius 3 is 2.75 bits per heavy atom. The van der Waals surface area contributed by atoms with E-state index in [-0.39, 0.29) is 29.0 Å². The molecule has 0 aliphatic rings. The zero-order valence-corrected chi connectivity index (χ0v) is 8.73. The van der Waals surface area contributed by atoms with Crippen molar-refractivity contribution in [1.29, 1.82) is 5.26 Å². The maximum absolute atomic E-state index is 11.5. The lowest BCUT2D eigenvalue weighted by molar-refractivity contribution is 0.0522. The van der Waals surface area contributed by atoms with Gasteiger partial charge in [-0.1, -0.05) is 0 Å². The van der Waals surface area contributed by atoms with E-state index in [4.69, 9.17) is 15.1 Å².